The van der Waals surface area contributed by atoms with Crippen LogP contribution in [0.15, 0.2) is 28.7 Å². The van der Waals surface area contributed by atoms with Crippen molar-refractivity contribution in [3.63, 3.8) is 0 Å². The zero-order valence-corrected chi connectivity index (χ0v) is 22.9. The zero-order valence-electron chi connectivity index (χ0n) is 17.6. The minimum absolute atomic E-state index is 1.18. The van der Waals surface area contributed by atoms with Crippen molar-refractivity contribution in [2.24, 2.45) is 0 Å². The van der Waals surface area contributed by atoms with E-state index in [1.165, 1.54) is 41.3 Å². The Morgan fingerprint density at radius 2 is 1.11 bits per heavy atom. The third-order valence-corrected chi connectivity index (χ3v) is 38.0. The van der Waals surface area contributed by atoms with Crippen LogP contribution in [0.2, 0.25) is 11.8 Å². The van der Waals surface area contributed by atoms with Crippen LogP contribution in [0.4, 0.5) is 0 Å². The predicted octanol–water partition coefficient (Wildman–Crippen LogP) is 9.63. The van der Waals surface area contributed by atoms with Crippen molar-refractivity contribution in [3.8, 4) is 0 Å². The molecule has 0 aromatic heterocycles. The molecule has 0 atom stereocenters. The van der Waals surface area contributed by atoms with Crippen LogP contribution in [-0.2, 0) is 5.75 Å². The topological polar surface area (TPSA) is 0 Å². The molecule has 0 aliphatic heterocycles. The Hall–Kier alpha value is 0.849. The van der Waals surface area contributed by atoms with Crippen LogP contribution in [0.5, 0.6) is 0 Å². The van der Waals surface area contributed by atoms with E-state index in [1.54, 1.807) is 82.6 Å². The summed E-state index contributed by atoms with van der Waals surface area (Å²) in [5.41, 5.74) is 1.57. The standard InChI is InChI=1S/C7H7BrS.3C6H11.Sn/c8-7-4-2-1-3-6(7)5-9;3*1-2-4-6-5-3-1;/h1-4,9H,5H2;3*1H,2-6H2;/q;;;;+1/p-1. The molecule has 4 rings (SSSR count). The molecule has 1 aromatic carbocycles. The molecular formula is C25H39BrSSn. The van der Waals surface area contributed by atoms with Crippen LogP contribution in [0.25, 0.3) is 0 Å². The van der Waals surface area contributed by atoms with Crippen LogP contribution >= 0.6 is 24.9 Å². The molecule has 3 heteroatoms. The molecule has 0 heterocycles. The second-order valence-corrected chi connectivity index (χ2v) is 30.2. The number of rotatable bonds is 6. The van der Waals surface area contributed by atoms with Crippen molar-refractivity contribution in [3.05, 3.63) is 34.3 Å². The monoisotopic (exact) mass is 570 g/mol. The summed E-state index contributed by atoms with van der Waals surface area (Å²) >= 11 is 1.46. The number of hydrogen-bond acceptors (Lipinski definition) is 1. The Morgan fingerprint density at radius 3 is 1.54 bits per heavy atom. The summed E-state index contributed by atoms with van der Waals surface area (Å²) in [7, 11) is 2.64. The minimum atomic E-state index is -2.40. The molecule has 3 aliphatic rings. The molecule has 156 valence electrons. The second kappa shape index (κ2) is 10.9. The normalized spacial score (nSPS) is 23.8. The van der Waals surface area contributed by atoms with Gasteiger partial charge >= 0.3 is 190 Å². The molecule has 0 spiro atoms. The van der Waals surface area contributed by atoms with Crippen molar-refractivity contribution < 1.29 is 0 Å². The Kier molecular flexibility index (Phi) is 8.61. The number of benzene rings is 1. The summed E-state index contributed by atoms with van der Waals surface area (Å²) in [6.07, 6.45) is 23.4. The first kappa shape index (κ1) is 22.1. The summed E-state index contributed by atoms with van der Waals surface area (Å²) in [6, 6.07) is 9.07. The molecule has 0 nitrogen and oxygen atoms in total. The van der Waals surface area contributed by atoms with E-state index < -0.39 is 17.0 Å². The van der Waals surface area contributed by atoms with Gasteiger partial charge in [0.2, 0.25) is 0 Å². The summed E-state index contributed by atoms with van der Waals surface area (Å²) < 4.78 is 4.89. The van der Waals surface area contributed by atoms with Crippen LogP contribution in [0.1, 0.15) is 102 Å². The van der Waals surface area contributed by atoms with E-state index in [4.69, 9.17) is 0 Å². The fraction of sp³-hybridized carbons (Fsp3) is 0.760. The average Bonchev–Trinajstić information content (AvgIpc) is 2.78. The second-order valence-electron chi connectivity index (χ2n) is 9.74. The van der Waals surface area contributed by atoms with Gasteiger partial charge in [-0.15, -0.1) is 0 Å². The molecule has 0 N–H and O–H groups in total. The van der Waals surface area contributed by atoms with Crippen LogP contribution in [-0.4, -0.2) is 17.0 Å². The SMILES string of the molecule is Brc1ccccc1C[S][Sn]([CH]1CCCCC1)([CH]1CCCCC1)[CH]1CCCCC1. The molecule has 3 aliphatic carbocycles. The van der Waals surface area contributed by atoms with E-state index in [1.807, 2.05) is 0 Å². The third kappa shape index (κ3) is 5.01. The van der Waals surface area contributed by atoms with Crippen LogP contribution < -0.4 is 0 Å². The van der Waals surface area contributed by atoms with Crippen molar-refractivity contribution in [1.82, 2.24) is 0 Å². The van der Waals surface area contributed by atoms with Gasteiger partial charge in [-0.3, -0.25) is 0 Å². The van der Waals surface area contributed by atoms with Gasteiger partial charge < -0.3 is 0 Å². The van der Waals surface area contributed by atoms with Crippen molar-refractivity contribution >= 4 is 41.9 Å². The Balaban J connectivity index is 1.66. The van der Waals surface area contributed by atoms with E-state index in [9.17, 15) is 0 Å². The Morgan fingerprint density at radius 1 is 0.679 bits per heavy atom. The van der Waals surface area contributed by atoms with Crippen molar-refractivity contribution in [2.75, 3.05) is 0 Å². The van der Waals surface area contributed by atoms with E-state index in [0.717, 1.165) is 0 Å². The van der Waals surface area contributed by atoms with E-state index in [-0.39, 0.29) is 0 Å². The van der Waals surface area contributed by atoms with Gasteiger partial charge in [0.25, 0.3) is 0 Å². The summed E-state index contributed by atoms with van der Waals surface area (Å²) in [5, 5.41) is 0. The first-order valence-electron chi connectivity index (χ1n) is 12.2. The Labute approximate surface area is 188 Å². The molecule has 0 unspecified atom stereocenters. The third-order valence-electron chi connectivity index (χ3n) is 8.17. The van der Waals surface area contributed by atoms with Gasteiger partial charge in [-0.1, -0.05) is 0 Å². The van der Waals surface area contributed by atoms with Crippen molar-refractivity contribution in [1.29, 1.82) is 0 Å². The molecule has 3 fully saturated rings. The van der Waals surface area contributed by atoms with Gasteiger partial charge in [0.1, 0.15) is 0 Å². The van der Waals surface area contributed by atoms with Gasteiger partial charge in [-0.05, 0) is 0 Å². The fourth-order valence-corrected chi connectivity index (χ4v) is 40.0. The van der Waals surface area contributed by atoms with Gasteiger partial charge in [0, 0.05) is 0 Å². The first-order chi connectivity index (χ1) is 13.8. The Bertz CT molecular complexity index is 555. The maximum atomic E-state index is 3.86. The van der Waals surface area contributed by atoms with Gasteiger partial charge in [-0.25, -0.2) is 0 Å². The van der Waals surface area contributed by atoms with Crippen LogP contribution in [0, 0.1) is 0 Å². The number of hydrogen-bond donors (Lipinski definition) is 0. The molecule has 0 saturated heterocycles. The fourth-order valence-electron chi connectivity index (χ4n) is 6.83. The molecule has 0 bridgehead atoms. The summed E-state index contributed by atoms with van der Waals surface area (Å²) in [5.74, 6) is 1.29. The quantitative estimate of drug-likeness (QED) is 0.307. The van der Waals surface area contributed by atoms with Gasteiger partial charge in [0.05, 0.1) is 0 Å². The molecule has 1 aromatic rings. The molecule has 0 amide bonds. The van der Waals surface area contributed by atoms with E-state index in [2.05, 4.69) is 49.1 Å². The molecule has 3 saturated carbocycles. The van der Waals surface area contributed by atoms with Crippen LogP contribution in [0.3, 0.4) is 0 Å². The van der Waals surface area contributed by atoms with Gasteiger partial charge in [-0.2, -0.15) is 0 Å². The maximum absolute atomic E-state index is 3.86. The molecule has 28 heavy (non-hydrogen) atoms. The van der Waals surface area contributed by atoms with Gasteiger partial charge in [0.15, 0.2) is 0 Å². The number of halogens is 1. The zero-order chi connectivity index (χ0) is 19.2. The van der Waals surface area contributed by atoms with E-state index >= 15 is 0 Å². The first-order valence-corrected chi connectivity index (χ1v) is 22.4. The summed E-state index contributed by atoms with van der Waals surface area (Å²) in [6.45, 7) is 0. The molecular weight excluding hydrogens is 531 g/mol. The molecule has 0 radical (unpaired) electrons. The van der Waals surface area contributed by atoms with E-state index in [0.29, 0.717) is 0 Å². The van der Waals surface area contributed by atoms with Crippen molar-refractivity contribution in [2.45, 2.75) is 114 Å². The predicted molar refractivity (Wildman–Crippen MR) is 132 cm³/mol. The average molecular weight is 570 g/mol. The summed E-state index contributed by atoms with van der Waals surface area (Å²) in [4.78, 5) is 0.